The molecule has 2 aromatic rings. The first-order chi connectivity index (χ1) is 12.6. The van der Waals surface area contributed by atoms with Gasteiger partial charge < -0.3 is 4.90 Å². The number of rotatable bonds is 4. The fraction of sp³-hybridized carbons (Fsp3) is 0.381. The van der Waals surface area contributed by atoms with E-state index in [2.05, 4.69) is 29.2 Å². The number of halogens is 2. The minimum Gasteiger partial charge on any atom is -0.340 e. The van der Waals surface area contributed by atoms with E-state index in [9.17, 15) is 4.79 Å². The van der Waals surface area contributed by atoms with Crippen LogP contribution in [0, 0.1) is 5.92 Å². The van der Waals surface area contributed by atoms with Crippen molar-refractivity contribution in [3.63, 3.8) is 0 Å². The Morgan fingerprint density at radius 1 is 1.00 bits per heavy atom. The van der Waals surface area contributed by atoms with Crippen molar-refractivity contribution in [2.75, 3.05) is 26.2 Å². The molecule has 136 valence electrons. The molecule has 0 spiro atoms. The number of hydrogen-bond donors (Lipinski definition) is 0. The molecule has 0 aromatic heterocycles. The second-order valence-corrected chi connectivity index (χ2v) is 8.04. The number of hydrogen-bond acceptors (Lipinski definition) is 2. The summed E-state index contributed by atoms with van der Waals surface area (Å²) in [5.74, 6) is 0.910. The number of amides is 1. The standard InChI is InChI=1S/C21H22Cl2N2O/c22-17-7-6-16(20(23)12-17)14-24-8-10-25(11-9-24)21(26)19-13-18(19)15-4-2-1-3-5-15/h1-7,12,18-19H,8-11,13-14H2. The molecule has 1 saturated carbocycles. The number of piperazine rings is 1. The molecule has 4 rings (SSSR count). The summed E-state index contributed by atoms with van der Waals surface area (Å²) in [4.78, 5) is 17.2. The molecular weight excluding hydrogens is 367 g/mol. The number of carbonyl (C=O) groups excluding carboxylic acids is 1. The van der Waals surface area contributed by atoms with Crippen LogP contribution in [0.4, 0.5) is 0 Å². The summed E-state index contributed by atoms with van der Waals surface area (Å²) in [6.07, 6.45) is 0.990. The molecule has 2 fully saturated rings. The van der Waals surface area contributed by atoms with Crippen LogP contribution < -0.4 is 0 Å². The van der Waals surface area contributed by atoms with Gasteiger partial charge in [-0.3, -0.25) is 9.69 Å². The largest absolute Gasteiger partial charge is 0.340 e. The van der Waals surface area contributed by atoms with Gasteiger partial charge in [0.1, 0.15) is 0 Å². The molecule has 1 saturated heterocycles. The Hall–Kier alpha value is -1.55. The summed E-state index contributed by atoms with van der Waals surface area (Å²) in [6.45, 7) is 4.15. The highest BCUT2D eigenvalue weighted by Gasteiger charge is 2.45. The van der Waals surface area contributed by atoms with Crippen LogP contribution in [0.15, 0.2) is 48.5 Å². The van der Waals surface area contributed by atoms with E-state index < -0.39 is 0 Å². The van der Waals surface area contributed by atoms with Crippen LogP contribution in [0.25, 0.3) is 0 Å². The van der Waals surface area contributed by atoms with E-state index in [-0.39, 0.29) is 5.92 Å². The molecule has 5 heteroatoms. The lowest BCUT2D eigenvalue weighted by Gasteiger charge is -2.35. The summed E-state index contributed by atoms with van der Waals surface area (Å²) in [6, 6.07) is 16.0. The van der Waals surface area contributed by atoms with E-state index in [1.165, 1.54) is 5.56 Å². The molecule has 2 aliphatic rings. The van der Waals surface area contributed by atoms with E-state index in [4.69, 9.17) is 23.2 Å². The molecule has 26 heavy (non-hydrogen) atoms. The first-order valence-corrected chi connectivity index (χ1v) is 9.87. The van der Waals surface area contributed by atoms with Gasteiger partial charge in [0.25, 0.3) is 0 Å². The van der Waals surface area contributed by atoms with Crippen molar-refractivity contribution in [3.05, 3.63) is 69.7 Å². The Morgan fingerprint density at radius 2 is 1.73 bits per heavy atom. The predicted molar refractivity (Wildman–Crippen MR) is 106 cm³/mol. The predicted octanol–water partition coefficient (Wildman–Crippen LogP) is 4.44. The molecule has 1 heterocycles. The van der Waals surface area contributed by atoms with Crippen LogP contribution in [0.3, 0.4) is 0 Å². The minimum atomic E-state index is 0.176. The fourth-order valence-corrected chi connectivity index (χ4v) is 4.26. The van der Waals surface area contributed by atoms with Crippen molar-refractivity contribution in [2.24, 2.45) is 5.92 Å². The monoisotopic (exact) mass is 388 g/mol. The van der Waals surface area contributed by atoms with E-state index in [0.717, 1.165) is 44.7 Å². The van der Waals surface area contributed by atoms with E-state index >= 15 is 0 Å². The Balaban J connectivity index is 1.29. The summed E-state index contributed by atoms with van der Waals surface area (Å²) in [5, 5.41) is 1.37. The summed E-state index contributed by atoms with van der Waals surface area (Å²) < 4.78 is 0. The van der Waals surface area contributed by atoms with Gasteiger partial charge in [-0.1, -0.05) is 59.6 Å². The second kappa shape index (κ2) is 7.59. The Bertz CT molecular complexity index is 788. The van der Waals surface area contributed by atoms with E-state index in [0.29, 0.717) is 21.9 Å². The third-order valence-electron chi connectivity index (χ3n) is 5.43. The normalized spacial score (nSPS) is 23.1. The zero-order valence-corrected chi connectivity index (χ0v) is 16.1. The molecule has 0 N–H and O–H groups in total. The maximum atomic E-state index is 12.8. The molecule has 2 atom stereocenters. The number of carbonyl (C=O) groups is 1. The van der Waals surface area contributed by atoms with E-state index in [1.807, 2.05) is 23.1 Å². The summed E-state index contributed by atoms with van der Waals surface area (Å²) in [5.41, 5.74) is 2.38. The zero-order chi connectivity index (χ0) is 18.1. The maximum absolute atomic E-state index is 12.8. The van der Waals surface area contributed by atoms with Crippen molar-refractivity contribution < 1.29 is 4.79 Å². The van der Waals surface area contributed by atoms with Crippen LogP contribution >= 0.6 is 23.2 Å². The van der Waals surface area contributed by atoms with Gasteiger partial charge >= 0.3 is 0 Å². The van der Waals surface area contributed by atoms with Crippen LogP contribution in [0.5, 0.6) is 0 Å². The molecule has 1 aliphatic heterocycles. The highest BCUT2D eigenvalue weighted by Crippen LogP contribution is 2.48. The molecule has 0 bridgehead atoms. The Labute approximate surface area is 164 Å². The third-order valence-corrected chi connectivity index (χ3v) is 6.02. The number of benzene rings is 2. The topological polar surface area (TPSA) is 23.6 Å². The second-order valence-electron chi connectivity index (χ2n) is 7.20. The van der Waals surface area contributed by atoms with Gasteiger partial charge in [-0.25, -0.2) is 0 Å². The van der Waals surface area contributed by atoms with Crippen molar-refractivity contribution in [2.45, 2.75) is 18.9 Å². The highest BCUT2D eigenvalue weighted by atomic mass is 35.5. The lowest BCUT2D eigenvalue weighted by atomic mass is 10.1. The first-order valence-electron chi connectivity index (χ1n) is 9.12. The van der Waals surface area contributed by atoms with Gasteiger partial charge in [-0.2, -0.15) is 0 Å². The van der Waals surface area contributed by atoms with Gasteiger partial charge in [-0.15, -0.1) is 0 Å². The first kappa shape index (κ1) is 17.8. The Kier molecular flexibility index (Phi) is 5.21. The smallest absolute Gasteiger partial charge is 0.226 e. The number of nitrogens with zero attached hydrogens (tertiary/aromatic N) is 2. The maximum Gasteiger partial charge on any atom is 0.226 e. The summed E-state index contributed by atoms with van der Waals surface area (Å²) >= 11 is 12.2. The van der Waals surface area contributed by atoms with Gasteiger partial charge in [0.15, 0.2) is 0 Å². The van der Waals surface area contributed by atoms with Gasteiger partial charge in [-0.05, 0) is 35.6 Å². The van der Waals surface area contributed by atoms with Crippen LogP contribution in [-0.2, 0) is 11.3 Å². The molecule has 1 amide bonds. The van der Waals surface area contributed by atoms with Crippen LogP contribution in [0.2, 0.25) is 10.0 Å². The molecule has 2 unspecified atom stereocenters. The molecule has 1 aliphatic carbocycles. The van der Waals surface area contributed by atoms with Gasteiger partial charge in [0.2, 0.25) is 5.91 Å². The van der Waals surface area contributed by atoms with Gasteiger partial charge in [0, 0.05) is 48.7 Å². The SMILES string of the molecule is O=C(C1CC1c1ccccc1)N1CCN(Cc2ccc(Cl)cc2Cl)CC1. The molecule has 3 nitrogen and oxygen atoms in total. The van der Waals surface area contributed by atoms with Crippen LogP contribution in [0.1, 0.15) is 23.5 Å². The quantitative estimate of drug-likeness (QED) is 0.772. The van der Waals surface area contributed by atoms with Crippen molar-refractivity contribution in [3.8, 4) is 0 Å². The van der Waals surface area contributed by atoms with Crippen molar-refractivity contribution >= 4 is 29.1 Å². The van der Waals surface area contributed by atoms with Crippen molar-refractivity contribution in [1.29, 1.82) is 0 Å². The zero-order valence-electron chi connectivity index (χ0n) is 14.6. The highest BCUT2D eigenvalue weighted by molar-refractivity contribution is 6.35. The molecule has 0 radical (unpaired) electrons. The van der Waals surface area contributed by atoms with Crippen LogP contribution in [-0.4, -0.2) is 41.9 Å². The van der Waals surface area contributed by atoms with Crippen molar-refractivity contribution in [1.82, 2.24) is 9.80 Å². The average molecular weight is 389 g/mol. The lowest BCUT2D eigenvalue weighted by Crippen LogP contribution is -2.48. The minimum absolute atomic E-state index is 0.176. The lowest BCUT2D eigenvalue weighted by molar-refractivity contribution is -0.134. The molecule has 2 aromatic carbocycles. The van der Waals surface area contributed by atoms with Gasteiger partial charge in [0.05, 0.1) is 0 Å². The fourth-order valence-electron chi connectivity index (χ4n) is 3.79. The third kappa shape index (κ3) is 3.90. The summed E-state index contributed by atoms with van der Waals surface area (Å²) in [7, 11) is 0. The van der Waals surface area contributed by atoms with E-state index in [1.54, 1.807) is 6.07 Å². The Morgan fingerprint density at radius 3 is 2.42 bits per heavy atom. The average Bonchev–Trinajstić information content (AvgIpc) is 3.46. The molecular formula is C21H22Cl2N2O.